The molecule has 0 aliphatic rings. The highest BCUT2D eigenvalue weighted by Gasteiger charge is 2.03. The van der Waals surface area contributed by atoms with Gasteiger partial charge in [0.2, 0.25) is 0 Å². The van der Waals surface area contributed by atoms with E-state index in [0.29, 0.717) is 17.1 Å². The number of aromatic nitrogens is 4. The minimum atomic E-state index is 0.398. The zero-order chi connectivity index (χ0) is 10.5. The fourth-order valence-corrected chi connectivity index (χ4v) is 1.01. The molecule has 6 heteroatoms. The minimum absolute atomic E-state index is 0.398. The van der Waals surface area contributed by atoms with E-state index in [2.05, 4.69) is 25.5 Å². The van der Waals surface area contributed by atoms with Crippen molar-refractivity contribution in [3.63, 3.8) is 0 Å². The summed E-state index contributed by atoms with van der Waals surface area (Å²) in [4.78, 5) is 7.66. The van der Waals surface area contributed by atoms with E-state index in [-0.39, 0.29) is 0 Å². The lowest BCUT2D eigenvalue weighted by molar-refractivity contribution is 1.03. The summed E-state index contributed by atoms with van der Waals surface area (Å²) in [5.74, 6) is 0.398. The van der Waals surface area contributed by atoms with Crippen molar-refractivity contribution < 1.29 is 0 Å². The van der Waals surface area contributed by atoms with Crippen LogP contribution in [0.25, 0.3) is 0 Å². The summed E-state index contributed by atoms with van der Waals surface area (Å²) in [6, 6.07) is 3.59. The molecule has 6 nitrogen and oxygen atoms in total. The Balaban J connectivity index is 2.29. The Morgan fingerprint density at radius 2 is 2.07 bits per heavy atom. The van der Waals surface area contributed by atoms with Crippen LogP contribution in [0.3, 0.4) is 0 Å². The van der Waals surface area contributed by atoms with Gasteiger partial charge < -0.3 is 5.32 Å². The molecule has 0 saturated carbocycles. The van der Waals surface area contributed by atoms with Crippen LogP contribution < -0.4 is 5.32 Å². The summed E-state index contributed by atoms with van der Waals surface area (Å²) in [6.07, 6.45) is 6.06. The second kappa shape index (κ2) is 4.11. The molecule has 0 unspecified atom stereocenters. The molecule has 72 valence electrons. The maximum absolute atomic E-state index is 8.81. The molecule has 0 aromatic carbocycles. The van der Waals surface area contributed by atoms with Gasteiger partial charge in [0.05, 0.1) is 29.8 Å². The van der Waals surface area contributed by atoms with Crippen LogP contribution in [0.4, 0.5) is 11.5 Å². The fourth-order valence-electron chi connectivity index (χ4n) is 1.01. The summed E-state index contributed by atoms with van der Waals surface area (Å²) in [5, 5.41) is 19.2. The zero-order valence-corrected chi connectivity index (χ0v) is 7.62. The molecule has 0 fully saturated rings. The maximum atomic E-state index is 8.81. The quantitative estimate of drug-likeness (QED) is 0.770. The number of rotatable bonds is 2. The third-order valence-electron chi connectivity index (χ3n) is 1.66. The van der Waals surface area contributed by atoms with E-state index >= 15 is 0 Å². The number of hydrogen-bond donors (Lipinski definition) is 1. The molecular formula is C9H6N6. The van der Waals surface area contributed by atoms with Crippen LogP contribution in [-0.2, 0) is 0 Å². The van der Waals surface area contributed by atoms with Crippen molar-refractivity contribution in [1.29, 1.82) is 5.26 Å². The molecule has 15 heavy (non-hydrogen) atoms. The smallest absolute Gasteiger partial charge is 0.171 e. The number of nitrogens with one attached hydrogen (secondary N) is 1. The van der Waals surface area contributed by atoms with Crippen LogP contribution in [0.2, 0.25) is 0 Å². The predicted octanol–water partition coefficient (Wildman–Crippen LogP) is 0.882. The lowest BCUT2D eigenvalue weighted by atomic mass is 10.3. The summed E-state index contributed by atoms with van der Waals surface area (Å²) < 4.78 is 0. The first-order valence-electron chi connectivity index (χ1n) is 4.14. The largest absolute Gasteiger partial charge is 0.335 e. The summed E-state index contributed by atoms with van der Waals surface area (Å²) in [5.41, 5.74) is 1.09. The fraction of sp³-hybridized carbons (Fsp3) is 0. The highest BCUT2D eigenvalue weighted by molar-refractivity contribution is 5.60. The third-order valence-corrected chi connectivity index (χ3v) is 1.66. The SMILES string of the molecule is N#Cc1ccnnc1Nc1cncnc1. The van der Waals surface area contributed by atoms with Gasteiger partial charge in [0.15, 0.2) is 5.82 Å². The van der Waals surface area contributed by atoms with Gasteiger partial charge in [0.25, 0.3) is 0 Å². The third kappa shape index (κ3) is 2.03. The average Bonchev–Trinajstić information content (AvgIpc) is 2.31. The van der Waals surface area contributed by atoms with Gasteiger partial charge in [0, 0.05) is 0 Å². The standard InChI is InChI=1S/C9H6N6/c10-3-7-1-2-13-15-9(7)14-8-4-11-6-12-5-8/h1-2,4-6H,(H,14,15). The van der Waals surface area contributed by atoms with Crippen molar-refractivity contribution in [1.82, 2.24) is 20.2 Å². The van der Waals surface area contributed by atoms with E-state index in [1.165, 1.54) is 12.5 Å². The summed E-state index contributed by atoms with van der Waals surface area (Å²) >= 11 is 0. The van der Waals surface area contributed by atoms with Crippen LogP contribution in [-0.4, -0.2) is 20.2 Å². The monoisotopic (exact) mass is 198 g/mol. The number of nitriles is 1. The first kappa shape index (κ1) is 9.02. The van der Waals surface area contributed by atoms with Crippen molar-refractivity contribution in [3.05, 3.63) is 36.5 Å². The second-order valence-electron chi connectivity index (χ2n) is 2.66. The summed E-state index contributed by atoms with van der Waals surface area (Å²) in [7, 11) is 0. The highest BCUT2D eigenvalue weighted by atomic mass is 15.2. The van der Waals surface area contributed by atoms with Gasteiger partial charge in [-0.1, -0.05) is 0 Å². The molecule has 0 aliphatic heterocycles. The molecule has 1 N–H and O–H groups in total. The van der Waals surface area contributed by atoms with Gasteiger partial charge in [-0.25, -0.2) is 9.97 Å². The van der Waals surface area contributed by atoms with Gasteiger partial charge in [-0.3, -0.25) is 0 Å². The molecule has 0 saturated heterocycles. The molecule has 2 heterocycles. The normalized spacial score (nSPS) is 9.27. The van der Waals surface area contributed by atoms with Crippen LogP contribution in [0.15, 0.2) is 31.0 Å². The molecule has 2 rings (SSSR count). The van der Waals surface area contributed by atoms with Crippen molar-refractivity contribution in [3.8, 4) is 6.07 Å². The Labute approximate surface area is 85.6 Å². The van der Waals surface area contributed by atoms with Crippen LogP contribution in [0.1, 0.15) is 5.56 Å². The van der Waals surface area contributed by atoms with Gasteiger partial charge in [0.1, 0.15) is 12.4 Å². The van der Waals surface area contributed by atoms with Gasteiger partial charge in [-0.05, 0) is 6.07 Å². The van der Waals surface area contributed by atoms with Crippen molar-refractivity contribution >= 4 is 11.5 Å². The van der Waals surface area contributed by atoms with Crippen molar-refractivity contribution in [2.75, 3.05) is 5.32 Å². The van der Waals surface area contributed by atoms with E-state index < -0.39 is 0 Å². The molecule has 0 spiro atoms. The maximum Gasteiger partial charge on any atom is 0.171 e. The number of anilines is 2. The molecule has 0 atom stereocenters. The zero-order valence-electron chi connectivity index (χ0n) is 7.62. The van der Waals surface area contributed by atoms with E-state index in [1.807, 2.05) is 6.07 Å². The molecule has 2 aromatic rings. The molecular weight excluding hydrogens is 192 g/mol. The molecule has 0 aliphatic carbocycles. The molecule has 0 bridgehead atoms. The number of hydrogen-bond acceptors (Lipinski definition) is 6. The van der Waals surface area contributed by atoms with E-state index in [0.717, 1.165) is 0 Å². The van der Waals surface area contributed by atoms with Gasteiger partial charge >= 0.3 is 0 Å². The molecule has 2 aromatic heterocycles. The Bertz CT molecular complexity index is 489. The Morgan fingerprint density at radius 3 is 2.80 bits per heavy atom. The molecule has 0 amide bonds. The van der Waals surface area contributed by atoms with Gasteiger partial charge in [-0.2, -0.15) is 10.4 Å². The van der Waals surface area contributed by atoms with Crippen LogP contribution in [0, 0.1) is 11.3 Å². The Kier molecular flexibility index (Phi) is 2.47. The first-order chi connectivity index (χ1) is 7.40. The Hall–Kier alpha value is -2.55. The lowest BCUT2D eigenvalue weighted by Gasteiger charge is -2.03. The van der Waals surface area contributed by atoms with Crippen molar-refractivity contribution in [2.45, 2.75) is 0 Å². The molecule has 0 radical (unpaired) electrons. The Morgan fingerprint density at radius 1 is 1.27 bits per heavy atom. The predicted molar refractivity (Wildman–Crippen MR) is 52.1 cm³/mol. The lowest BCUT2D eigenvalue weighted by Crippen LogP contribution is -1.98. The number of nitrogens with zero attached hydrogens (tertiary/aromatic N) is 5. The second-order valence-corrected chi connectivity index (χ2v) is 2.66. The van der Waals surface area contributed by atoms with E-state index in [4.69, 9.17) is 5.26 Å². The highest BCUT2D eigenvalue weighted by Crippen LogP contribution is 2.14. The van der Waals surface area contributed by atoms with E-state index in [9.17, 15) is 0 Å². The first-order valence-corrected chi connectivity index (χ1v) is 4.14. The van der Waals surface area contributed by atoms with E-state index in [1.54, 1.807) is 18.5 Å². The minimum Gasteiger partial charge on any atom is -0.335 e. The topological polar surface area (TPSA) is 87.4 Å². The van der Waals surface area contributed by atoms with Crippen LogP contribution in [0.5, 0.6) is 0 Å². The van der Waals surface area contributed by atoms with Gasteiger partial charge in [-0.15, -0.1) is 5.10 Å². The van der Waals surface area contributed by atoms with Crippen LogP contribution >= 0.6 is 0 Å². The van der Waals surface area contributed by atoms with Crippen molar-refractivity contribution in [2.24, 2.45) is 0 Å². The summed E-state index contributed by atoms with van der Waals surface area (Å²) in [6.45, 7) is 0. The average molecular weight is 198 g/mol.